The summed E-state index contributed by atoms with van der Waals surface area (Å²) in [6, 6.07) is 12.5. The van der Waals surface area contributed by atoms with Crippen molar-refractivity contribution in [3.05, 3.63) is 108 Å². The number of nitrogens with one attached hydrogen (secondary N) is 1. The summed E-state index contributed by atoms with van der Waals surface area (Å²) >= 11 is 14.2. The Morgan fingerprint density at radius 1 is 0.872 bits per heavy atom. The zero-order valence-corrected chi connectivity index (χ0v) is 26.3. The molecule has 3 unspecified atom stereocenters. The molecule has 2 aliphatic heterocycles. The van der Waals surface area contributed by atoms with Crippen LogP contribution in [-0.2, 0) is 33.3 Å². The Balaban J connectivity index is 1.43. The van der Waals surface area contributed by atoms with E-state index in [0.717, 1.165) is 46.7 Å². The van der Waals surface area contributed by atoms with Crippen molar-refractivity contribution in [1.82, 2.24) is 4.57 Å². The lowest BCUT2D eigenvalue weighted by Gasteiger charge is -2.31. The zero-order valence-electron chi connectivity index (χ0n) is 23.2. The van der Waals surface area contributed by atoms with Gasteiger partial charge in [0.15, 0.2) is 0 Å². The summed E-state index contributed by atoms with van der Waals surface area (Å²) < 4.78 is 82.0. The van der Waals surface area contributed by atoms with Crippen molar-refractivity contribution in [3.63, 3.8) is 0 Å². The predicted octanol–water partition coefficient (Wildman–Crippen LogP) is 7.69. The van der Waals surface area contributed by atoms with Gasteiger partial charge >= 0.3 is 17.2 Å². The number of carbonyl (C=O) groups is 3. The van der Waals surface area contributed by atoms with Crippen LogP contribution in [0.4, 0.5) is 37.7 Å². The molecule has 0 aliphatic carbocycles. The first kappa shape index (κ1) is 33.1. The quantitative estimate of drug-likeness (QED) is 0.168. The fraction of sp³-hybridized carbons (Fsp3) is 0.200. The summed E-state index contributed by atoms with van der Waals surface area (Å²) in [5.41, 5.74) is -2.79. The number of fused-ring (bicyclic) bond motifs is 2. The number of hydrogen-bond acceptors (Lipinski definition) is 6. The summed E-state index contributed by atoms with van der Waals surface area (Å²) in [6.07, 6.45) is -9.54. The van der Waals surface area contributed by atoms with E-state index >= 15 is 0 Å². The second-order valence-corrected chi connectivity index (χ2v) is 13.4. The van der Waals surface area contributed by atoms with E-state index in [1.54, 1.807) is 0 Å². The highest BCUT2D eigenvalue weighted by atomic mass is 35.5. The molecule has 244 valence electrons. The number of imide groups is 1. The van der Waals surface area contributed by atoms with Gasteiger partial charge in [-0.25, -0.2) is 4.90 Å². The van der Waals surface area contributed by atoms with E-state index in [2.05, 4.69) is 5.32 Å². The number of para-hydroxylation sites is 1. The minimum atomic E-state index is -4.78. The maximum absolute atomic E-state index is 14.0. The highest BCUT2D eigenvalue weighted by Crippen LogP contribution is 2.55. The zero-order chi connectivity index (χ0) is 34.0. The number of halogens is 8. The maximum atomic E-state index is 14.0. The van der Waals surface area contributed by atoms with Crippen molar-refractivity contribution in [3.8, 4) is 0 Å². The standard InChI is InChI=1S/C30H17Cl2F6N3O4S2/c31-17-9-4-7-15(22(17)32)20-21-23(26(44)41(25(21)43)14-6-3-5-13(11-14)29(33,34)35)46-27-24(20)47-28(45)40(27)12-19(42)39-18-10-2-1-8-16(18)30(36,37)38/h1-11,20-21,23H,12H2,(H,39,42). The smallest absolute Gasteiger partial charge is 0.324 e. The number of anilines is 2. The molecular formula is C30H17Cl2F6N3O4S2. The number of thiazole rings is 1. The molecule has 0 spiro atoms. The van der Waals surface area contributed by atoms with E-state index in [9.17, 15) is 45.5 Å². The van der Waals surface area contributed by atoms with Crippen molar-refractivity contribution >= 4 is 75.4 Å². The molecule has 0 bridgehead atoms. The minimum Gasteiger partial charge on any atom is -0.324 e. The monoisotopic (exact) mass is 731 g/mol. The van der Waals surface area contributed by atoms with Gasteiger partial charge in [0.1, 0.15) is 11.8 Å². The molecule has 1 N–H and O–H groups in total. The number of carbonyl (C=O) groups excluding carboxylic acids is 3. The van der Waals surface area contributed by atoms with E-state index in [1.807, 2.05) is 0 Å². The highest BCUT2D eigenvalue weighted by Gasteiger charge is 2.57. The van der Waals surface area contributed by atoms with Gasteiger partial charge in [0.25, 0.3) is 0 Å². The van der Waals surface area contributed by atoms with Crippen LogP contribution >= 0.6 is 46.3 Å². The summed E-state index contributed by atoms with van der Waals surface area (Å²) in [4.78, 5) is 54.3. The van der Waals surface area contributed by atoms with Gasteiger partial charge < -0.3 is 5.32 Å². The molecule has 3 aromatic carbocycles. The van der Waals surface area contributed by atoms with Crippen molar-refractivity contribution < 1.29 is 40.7 Å². The number of amides is 3. The average molecular weight is 733 g/mol. The molecule has 6 rings (SSSR count). The van der Waals surface area contributed by atoms with Crippen LogP contribution in [0.15, 0.2) is 76.6 Å². The first-order valence-electron chi connectivity index (χ1n) is 13.4. The number of thioether (sulfide) groups is 1. The van der Waals surface area contributed by atoms with E-state index in [4.69, 9.17) is 23.2 Å². The lowest BCUT2D eigenvalue weighted by molar-refractivity contribution is -0.138. The molecular weight excluding hydrogens is 715 g/mol. The molecule has 47 heavy (non-hydrogen) atoms. The fourth-order valence-electron chi connectivity index (χ4n) is 5.60. The van der Waals surface area contributed by atoms with Gasteiger partial charge in [-0.15, -0.1) is 0 Å². The van der Waals surface area contributed by atoms with Crippen LogP contribution in [0.3, 0.4) is 0 Å². The van der Waals surface area contributed by atoms with Gasteiger partial charge in [-0.05, 0) is 42.0 Å². The number of benzene rings is 3. The summed E-state index contributed by atoms with van der Waals surface area (Å²) in [7, 11) is 0. The number of nitrogens with zero attached hydrogens (tertiary/aromatic N) is 2. The number of aromatic nitrogens is 1. The van der Waals surface area contributed by atoms with Crippen molar-refractivity contribution in [2.24, 2.45) is 5.92 Å². The van der Waals surface area contributed by atoms with Gasteiger partial charge in [0.2, 0.25) is 17.7 Å². The third kappa shape index (κ3) is 5.94. The molecule has 2 aliphatic rings. The van der Waals surface area contributed by atoms with Gasteiger partial charge in [-0.2, -0.15) is 26.3 Å². The second kappa shape index (κ2) is 12.0. The largest absolute Gasteiger partial charge is 0.418 e. The van der Waals surface area contributed by atoms with Crippen LogP contribution in [0.2, 0.25) is 10.0 Å². The Hall–Kier alpha value is -3.79. The molecule has 4 aromatic rings. The number of rotatable bonds is 5. The summed E-state index contributed by atoms with van der Waals surface area (Å²) in [5, 5.41) is 1.06. The minimum absolute atomic E-state index is 0.00225. The fourth-order valence-corrected chi connectivity index (χ4v) is 8.79. The molecule has 3 amide bonds. The van der Waals surface area contributed by atoms with Crippen LogP contribution in [-0.4, -0.2) is 27.5 Å². The molecule has 1 fully saturated rings. The Labute approximate surface area is 279 Å². The van der Waals surface area contributed by atoms with Gasteiger partial charge in [-0.1, -0.05) is 76.6 Å². The predicted molar refractivity (Wildman–Crippen MR) is 164 cm³/mol. The summed E-state index contributed by atoms with van der Waals surface area (Å²) in [5.74, 6) is -5.03. The normalized spacial score (nSPS) is 19.5. The van der Waals surface area contributed by atoms with E-state index in [-0.39, 0.29) is 31.2 Å². The lowest BCUT2D eigenvalue weighted by atomic mass is 9.83. The second-order valence-electron chi connectivity index (χ2n) is 10.5. The lowest BCUT2D eigenvalue weighted by Crippen LogP contribution is -2.33. The highest BCUT2D eigenvalue weighted by molar-refractivity contribution is 8.00. The Morgan fingerprint density at radius 3 is 2.28 bits per heavy atom. The average Bonchev–Trinajstić information content (AvgIpc) is 3.44. The summed E-state index contributed by atoms with van der Waals surface area (Å²) in [6.45, 7) is -0.753. The van der Waals surface area contributed by atoms with Crippen molar-refractivity contribution in [2.45, 2.75) is 35.1 Å². The van der Waals surface area contributed by atoms with Crippen LogP contribution in [0.25, 0.3) is 0 Å². The molecule has 0 radical (unpaired) electrons. The van der Waals surface area contributed by atoms with Gasteiger partial charge in [0, 0.05) is 10.8 Å². The maximum Gasteiger partial charge on any atom is 0.418 e. The van der Waals surface area contributed by atoms with Crippen LogP contribution in [0.5, 0.6) is 0 Å². The van der Waals surface area contributed by atoms with E-state index in [1.165, 1.54) is 30.3 Å². The molecule has 0 saturated carbocycles. The van der Waals surface area contributed by atoms with Crippen LogP contribution in [0, 0.1) is 5.92 Å². The molecule has 1 saturated heterocycles. The third-order valence-electron chi connectivity index (χ3n) is 7.61. The molecule has 7 nitrogen and oxygen atoms in total. The van der Waals surface area contributed by atoms with Gasteiger partial charge in [-0.3, -0.25) is 23.7 Å². The first-order chi connectivity index (χ1) is 22.1. The topological polar surface area (TPSA) is 88.5 Å². The molecule has 1 aromatic heterocycles. The van der Waals surface area contributed by atoms with Crippen LogP contribution in [0.1, 0.15) is 27.5 Å². The third-order valence-corrected chi connectivity index (χ3v) is 11.0. The Kier molecular flexibility index (Phi) is 8.47. The van der Waals surface area contributed by atoms with Gasteiger partial charge in [0.05, 0.1) is 43.5 Å². The van der Waals surface area contributed by atoms with Crippen molar-refractivity contribution in [1.29, 1.82) is 0 Å². The Morgan fingerprint density at radius 2 is 1.57 bits per heavy atom. The van der Waals surface area contributed by atoms with E-state index < -0.39 is 75.4 Å². The van der Waals surface area contributed by atoms with Crippen molar-refractivity contribution in [2.75, 3.05) is 10.2 Å². The molecule has 17 heteroatoms. The van der Waals surface area contributed by atoms with E-state index in [0.29, 0.717) is 22.3 Å². The Bertz CT molecular complexity index is 2010. The number of hydrogen-bond donors (Lipinski definition) is 1. The van der Waals surface area contributed by atoms with Crippen LogP contribution < -0.4 is 15.1 Å². The SMILES string of the molecule is O=C(Cn1c2c(sc1=O)C(c1cccc(Cl)c1Cl)C1C(=O)N(c3cccc(C(F)(F)F)c3)C(=O)C1S2)Nc1ccccc1C(F)(F)F. The molecule has 3 heterocycles. The first-order valence-corrected chi connectivity index (χ1v) is 15.9. The number of alkyl halides is 6. The molecule has 3 atom stereocenters.